The van der Waals surface area contributed by atoms with E-state index in [1.165, 1.54) is 18.3 Å². The van der Waals surface area contributed by atoms with E-state index in [2.05, 4.69) is 18.5 Å². The quantitative estimate of drug-likeness (QED) is 0.766. The van der Waals surface area contributed by atoms with E-state index in [9.17, 15) is 13.6 Å². The molecule has 132 valence electrons. The number of amides is 1. The van der Waals surface area contributed by atoms with Crippen molar-refractivity contribution in [2.75, 3.05) is 25.0 Å². The van der Waals surface area contributed by atoms with E-state index in [1.54, 1.807) is 11.0 Å². The van der Waals surface area contributed by atoms with Gasteiger partial charge in [-0.2, -0.15) is 0 Å². The van der Waals surface area contributed by atoms with Gasteiger partial charge < -0.3 is 15.0 Å². The zero-order valence-corrected chi connectivity index (χ0v) is 14.7. The molecule has 24 heavy (non-hydrogen) atoms. The van der Waals surface area contributed by atoms with Crippen LogP contribution >= 0.6 is 11.3 Å². The molecular formula is C17H22F2N2O2S. The topological polar surface area (TPSA) is 41.6 Å². The fourth-order valence-electron chi connectivity index (χ4n) is 2.62. The summed E-state index contributed by atoms with van der Waals surface area (Å²) in [5.41, 5.74) is 2.03. The minimum Gasteiger partial charge on any atom is -0.376 e. The van der Waals surface area contributed by atoms with Crippen LogP contribution in [-0.2, 0) is 9.53 Å². The summed E-state index contributed by atoms with van der Waals surface area (Å²) < 4.78 is 31.4. The van der Waals surface area contributed by atoms with Crippen molar-refractivity contribution in [3.8, 4) is 0 Å². The number of rotatable bonds is 8. The first-order valence-corrected chi connectivity index (χ1v) is 8.52. The largest absolute Gasteiger partial charge is 0.376 e. The van der Waals surface area contributed by atoms with Crippen molar-refractivity contribution in [2.45, 2.75) is 32.8 Å². The average molecular weight is 356 g/mol. The van der Waals surface area contributed by atoms with Crippen molar-refractivity contribution < 1.29 is 18.3 Å². The molecule has 0 radical (unpaired) electrons. The van der Waals surface area contributed by atoms with Crippen molar-refractivity contribution in [3.05, 3.63) is 29.2 Å². The van der Waals surface area contributed by atoms with Crippen LogP contribution in [0.3, 0.4) is 0 Å². The number of hydrogen-bond donors (Lipinski definition) is 1. The summed E-state index contributed by atoms with van der Waals surface area (Å²) in [7, 11) is 0. The third-order valence-corrected chi connectivity index (χ3v) is 5.11. The molecular weight excluding hydrogens is 334 g/mol. The second kappa shape index (κ2) is 7.90. The number of nitrogens with zero attached hydrogens (tertiary/aromatic N) is 1. The summed E-state index contributed by atoms with van der Waals surface area (Å²) in [6, 6.07) is 0. The average Bonchev–Trinajstić information content (AvgIpc) is 2.75. The molecule has 7 heteroatoms. The second-order valence-electron chi connectivity index (χ2n) is 5.70. The minimum atomic E-state index is -2.48. The lowest BCUT2D eigenvalue weighted by Gasteiger charge is -2.35. The molecule has 1 aliphatic rings. The lowest BCUT2D eigenvalue weighted by molar-refractivity contribution is -0.114. The van der Waals surface area contributed by atoms with Crippen LogP contribution < -0.4 is 5.32 Å². The molecule has 2 heterocycles. The molecule has 1 N–H and O–H groups in total. The normalized spacial score (nSPS) is 16.6. The molecule has 1 saturated heterocycles. The predicted octanol–water partition coefficient (Wildman–Crippen LogP) is 3.98. The molecule has 1 unspecified atom stereocenters. The smallest absolute Gasteiger partial charge is 0.255 e. The number of hydrogen-bond acceptors (Lipinski definition) is 4. The van der Waals surface area contributed by atoms with Crippen molar-refractivity contribution in [1.29, 1.82) is 0 Å². The summed E-state index contributed by atoms with van der Waals surface area (Å²) >= 11 is 1.36. The van der Waals surface area contributed by atoms with Gasteiger partial charge in [0.15, 0.2) is 0 Å². The van der Waals surface area contributed by atoms with Crippen LogP contribution in [0, 0.1) is 6.92 Å². The van der Waals surface area contributed by atoms with Crippen LogP contribution in [0.25, 0.3) is 11.8 Å². The zero-order valence-electron chi connectivity index (χ0n) is 13.9. The summed E-state index contributed by atoms with van der Waals surface area (Å²) in [5, 5.41) is 3.37. The van der Waals surface area contributed by atoms with E-state index in [0.717, 1.165) is 16.9 Å². The highest BCUT2D eigenvalue weighted by molar-refractivity contribution is 7.17. The van der Waals surface area contributed by atoms with Gasteiger partial charge in [0.2, 0.25) is 5.91 Å². The molecule has 1 aromatic rings. The first kappa shape index (κ1) is 18.6. The molecule has 0 aromatic carbocycles. The van der Waals surface area contributed by atoms with Gasteiger partial charge in [-0.05, 0) is 18.9 Å². The third kappa shape index (κ3) is 4.21. The molecule has 0 bridgehead atoms. The Balaban J connectivity index is 2.33. The maximum Gasteiger partial charge on any atom is 0.255 e. The Hall–Kier alpha value is -1.73. The maximum absolute atomic E-state index is 13.0. The summed E-state index contributed by atoms with van der Waals surface area (Å²) in [6.07, 6.45) is 0.00660. The van der Waals surface area contributed by atoms with E-state index < -0.39 is 13.0 Å². The van der Waals surface area contributed by atoms with Gasteiger partial charge in [-0.3, -0.25) is 4.79 Å². The number of alkyl halides is 2. The molecule has 0 aliphatic carbocycles. The molecule has 1 fully saturated rings. The fraction of sp³-hybridized carbons (Fsp3) is 0.471. The van der Waals surface area contributed by atoms with Gasteiger partial charge in [0.1, 0.15) is 5.00 Å². The Morgan fingerprint density at radius 2 is 2.25 bits per heavy atom. The molecule has 0 spiro atoms. The van der Waals surface area contributed by atoms with Gasteiger partial charge in [-0.25, -0.2) is 8.78 Å². The van der Waals surface area contributed by atoms with Crippen LogP contribution in [-0.4, -0.2) is 43.0 Å². The molecule has 4 nitrogen and oxygen atoms in total. The molecule has 1 amide bonds. The van der Waals surface area contributed by atoms with Crippen molar-refractivity contribution >= 4 is 34.0 Å². The van der Waals surface area contributed by atoms with Gasteiger partial charge in [-0.1, -0.05) is 19.2 Å². The summed E-state index contributed by atoms with van der Waals surface area (Å²) in [5.74, 6) is -0.219. The summed E-state index contributed by atoms with van der Waals surface area (Å²) in [4.78, 5) is 13.9. The number of thiophene rings is 1. The Morgan fingerprint density at radius 3 is 2.71 bits per heavy atom. The van der Waals surface area contributed by atoms with E-state index in [0.29, 0.717) is 29.4 Å². The molecule has 0 saturated carbocycles. The standard InChI is InChI=1S/C17H22F2N2O2S/c1-5-14-10(2)16(17(24-14)20-12(4)22)11(3)21(9-15(18)19)8-13-6-7-23-13/h5,13,15H,1,3,6-9H2,2,4H3,(H,20,22). The lowest BCUT2D eigenvalue weighted by atomic mass is 10.1. The van der Waals surface area contributed by atoms with E-state index >= 15 is 0 Å². The van der Waals surface area contributed by atoms with Crippen molar-refractivity contribution in [3.63, 3.8) is 0 Å². The second-order valence-corrected chi connectivity index (χ2v) is 6.76. The molecule has 1 aromatic heterocycles. The van der Waals surface area contributed by atoms with Gasteiger partial charge in [0.05, 0.1) is 12.6 Å². The van der Waals surface area contributed by atoms with Gasteiger partial charge >= 0.3 is 0 Å². The predicted molar refractivity (Wildman–Crippen MR) is 94.4 cm³/mol. The third-order valence-electron chi connectivity index (χ3n) is 3.90. The highest BCUT2D eigenvalue weighted by atomic mass is 32.1. The number of halogens is 2. The van der Waals surface area contributed by atoms with Crippen LogP contribution in [0.15, 0.2) is 13.2 Å². The Bertz CT molecular complexity index is 639. The van der Waals surface area contributed by atoms with Crippen molar-refractivity contribution in [2.24, 2.45) is 0 Å². The van der Waals surface area contributed by atoms with Gasteiger partial charge in [0, 0.05) is 36.2 Å². The van der Waals surface area contributed by atoms with Crippen LogP contribution in [0.2, 0.25) is 0 Å². The highest BCUT2D eigenvalue weighted by Gasteiger charge is 2.27. The number of anilines is 1. The summed E-state index contributed by atoms with van der Waals surface area (Å²) in [6.45, 7) is 11.7. The van der Waals surface area contributed by atoms with Crippen LogP contribution in [0.4, 0.5) is 13.8 Å². The number of ether oxygens (including phenoxy) is 1. The molecule has 1 atom stereocenters. The first-order valence-electron chi connectivity index (χ1n) is 7.70. The highest BCUT2D eigenvalue weighted by Crippen LogP contribution is 2.39. The zero-order chi connectivity index (χ0) is 17.9. The van der Waals surface area contributed by atoms with Crippen molar-refractivity contribution in [1.82, 2.24) is 4.90 Å². The number of nitrogens with one attached hydrogen (secondary N) is 1. The SMILES string of the molecule is C=Cc1sc(NC(C)=O)c(C(=C)N(CC(F)F)CC2CCO2)c1C. The van der Waals surface area contributed by atoms with Crippen LogP contribution in [0.5, 0.6) is 0 Å². The van der Waals surface area contributed by atoms with Gasteiger partial charge in [-0.15, -0.1) is 11.3 Å². The Morgan fingerprint density at radius 1 is 1.58 bits per heavy atom. The van der Waals surface area contributed by atoms with Crippen LogP contribution in [0.1, 0.15) is 29.3 Å². The number of carbonyl (C=O) groups is 1. The fourth-order valence-corrected chi connectivity index (χ4v) is 3.74. The van der Waals surface area contributed by atoms with E-state index in [4.69, 9.17) is 4.74 Å². The lowest BCUT2D eigenvalue weighted by Crippen LogP contribution is -2.41. The molecule has 1 aliphatic heterocycles. The maximum atomic E-state index is 13.0. The first-order chi connectivity index (χ1) is 11.3. The Kier molecular flexibility index (Phi) is 6.12. The van der Waals surface area contributed by atoms with E-state index in [-0.39, 0.29) is 12.0 Å². The van der Waals surface area contributed by atoms with E-state index in [1.807, 2.05) is 6.92 Å². The monoisotopic (exact) mass is 356 g/mol. The minimum absolute atomic E-state index is 0.0532. The Labute approximate surface area is 144 Å². The molecule has 2 rings (SSSR count). The number of carbonyl (C=O) groups excluding carboxylic acids is 1. The van der Waals surface area contributed by atoms with Gasteiger partial charge in [0.25, 0.3) is 6.43 Å².